The molecule has 0 radical (unpaired) electrons. The number of likely N-dealkylation sites (tertiary alicyclic amines) is 1. The van der Waals surface area contributed by atoms with Crippen LogP contribution in [0.2, 0.25) is 5.02 Å². The van der Waals surface area contributed by atoms with Gasteiger partial charge in [-0.3, -0.25) is 9.59 Å². The van der Waals surface area contributed by atoms with Gasteiger partial charge in [0.25, 0.3) is 5.91 Å². The Morgan fingerprint density at radius 3 is 2.87 bits per heavy atom. The second kappa shape index (κ2) is 8.19. The van der Waals surface area contributed by atoms with Gasteiger partial charge in [-0.15, -0.1) is 0 Å². The highest BCUT2D eigenvalue weighted by atomic mass is 127. The number of nitrogens with zero attached hydrogens (tertiary/aromatic N) is 1. The molecule has 1 unspecified atom stereocenters. The number of piperidine rings is 1. The van der Waals surface area contributed by atoms with Crippen LogP contribution in [0.4, 0.5) is 0 Å². The summed E-state index contributed by atoms with van der Waals surface area (Å²) < 4.78 is 6.16. The van der Waals surface area contributed by atoms with Crippen LogP contribution in [-0.4, -0.2) is 43.0 Å². The van der Waals surface area contributed by atoms with Crippen LogP contribution < -0.4 is 10.1 Å². The molecule has 1 aromatic rings. The molecule has 1 N–H and O–H groups in total. The second-order valence-electron chi connectivity index (χ2n) is 5.48. The molecule has 1 heterocycles. The standard InChI is InChI=1S/C16H20ClIN2O3/c1-3-15(21)19-10-5-4-6-20(9-10)16(22)11-7-12(17)13(18)8-14(11)23-2/h7-8,10H,3-6,9H2,1-2H3,(H,19,21). The maximum absolute atomic E-state index is 12.8. The van der Waals surface area contributed by atoms with Crippen molar-refractivity contribution in [3.63, 3.8) is 0 Å². The minimum atomic E-state index is -0.115. The van der Waals surface area contributed by atoms with Crippen molar-refractivity contribution in [2.75, 3.05) is 20.2 Å². The highest BCUT2D eigenvalue weighted by molar-refractivity contribution is 14.1. The molecule has 0 spiro atoms. The van der Waals surface area contributed by atoms with E-state index in [-0.39, 0.29) is 17.9 Å². The van der Waals surface area contributed by atoms with Crippen molar-refractivity contribution >= 4 is 46.0 Å². The maximum atomic E-state index is 12.8. The highest BCUT2D eigenvalue weighted by Crippen LogP contribution is 2.29. The molecular weight excluding hydrogens is 431 g/mol. The molecule has 1 aromatic carbocycles. The van der Waals surface area contributed by atoms with Gasteiger partial charge in [0.15, 0.2) is 0 Å². The summed E-state index contributed by atoms with van der Waals surface area (Å²) in [5.74, 6) is 0.415. The first-order chi connectivity index (χ1) is 11.0. The van der Waals surface area contributed by atoms with E-state index in [1.54, 1.807) is 17.0 Å². The van der Waals surface area contributed by atoms with Crippen LogP contribution >= 0.6 is 34.2 Å². The number of benzene rings is 1. The lowest BCUT2D eigenvalue weighted by molar-refractivity contribution is -0.121. The largest absolute Gasteiger partial charge is 0.496 e. The Balaban J connectivity index is 2.16. The van der Waals surface area contributed by atoms with Gasteiger partial charge in [0.05, 0.1) is 17.7 Å². The van der Waals surface area contributed by atoms with Gasteiger partial charge in [0.2, 0.25) is 5.91 Å². The zero-order valence-electron chi connectivity index (χ0n) is 13.2. The lowest BCUT2D eigenvalue weighted by Gasteiger charge is -2.33. The van der Waals surface area contributed by atoms with Crippen LogP contribution in [0.15, 0.2) is 12.1 Å². The molecule has 7 heteroatoms. The molecule has 0 bridgehead atoms. The van der Waals surface area contributed by atoms with Crippen molar-refractivity contribution in [2.24, 2.45) is 0 Å². The Kier molecular flexibility index (Phi) is 6.52. The number of hydrogen-bond donors (Lipinski definition) is 1. The third-order valence-electron chi connectivity index (χ3n) is 3.87. The summed E-state index contributed by atoms with van der Waals surface area (Å²) >= 11 is 8.26. The van der Waals surface area contributed by atoms with Gasteiger partial charge in [-0.05, 0) is 47.6 Å². The zero-order valence-corrected chi connectivity index (χ0v) is 16.1. The smallest absolute Gasteiger partial charge is 0.257 e. The minimum absolute atomic E-state index is 0.00506. The summed E-state index contributed by atoms with van der Waals surface area (Å²) in [7, 11) is 1.54. The van der Waals surface area contributed by atoms with Crippen molar-refractivity contribution in [1.82, 2.24) is 10.2 Å². The number of carbonyl (C=O) groups is 2. The Labute approximate surface area is 154 Å². The summed E-state index contributed by atoms with van der Waals surface area (Å²) in [4.78, 5) is 26.1. The normalized spacial score (nSPS) is 17.7. The van der Waals surface area contributed by atoms with Crippen LogP contribution in [0.1, 0.15) is 36.5 Å². The molecule has 1 aliphatic rings. The van der Waals surface area contributed by atoms with Gasteiger partial charge >= 0.3 is 0 Å². The summed E-state index contributed by atoms with van der Waals surface area (Å²) in [5, 5.41) is 3.49. The molecule has 0 aromatic heterocycles. The van der Waals surface area contributed by atoms with E-state index in [9.17, 15) is 9.59 Å². The van der Waals surface area contributed by atoms with E-state index in [2.05, 4.69) is 27.9 Å². The average Bonchev–Trinajstić information content (AvgIpc) is 2.56. The number of rotatable bonds is 4. The molecule has 1 fully saturated rings. The van der Waals surface area contributed by atoms with Gasteiger partial charge in [0.1, 0.15) is 5.75 Å². The van der Waals surface area contributed by atoms with Crippen molar-refractivity contribution in [3.05, 3.63) is 26.3 Å². The molecule has 126 valence electrons. The zero-order chi connectivity index (χ0) is 17.0. The van der Waals surface area contributed by atoms with E-state index >= 15 is 0 Å². The van der Waals surface area contributed by atoms with Crippen LogP contribution in [-0.2, 0) is 4.79 Å². The fourth-order valence-electron chi connectivity index (χ4n) is 2.64. The fourth-order valence-corrected chi connectivity index (χ4v) is 3.25. The number of methoxy groups -OCH3 is 1. The minimum Gasteiger partial charge on any atom is -0.496 e. The number of amides is 2. The number of nitrogens with one attached hydrogen (secondary N) is 1. The summed E-state index contributed by atoms with van der Waals surface area (Å²) in [6.07, 6.45) is 2.20. The molecule has 1 atom stereocenters. The maximum Gasteiger partial charge on any atom is 0.257 e. The molecule has 2 rings (SSSR count). The van der Waals surface area contributed by atoms with E-state index < -0.39 is 0 Å². The third kappa shape index (κ3) is 4.50. The SMILES string of the molecule is CCC(=O)NC1CCCN(C(=O)c2cc(Cl)c(I)cc2OC)C1. The second-order valence-corrected chi connectivity index (χ2v) is 7.05. The highest BCUT2D eigenvalue weighted by Gasteiger charge is 2.27. The van der Waals surface area contributed by atoms with Crippen LogP contribution in [0, 0.1) is 3.57 Å². The predicted octanol–water partition coefficient (Wildman–Crippen LogP) is 3.08. The van der Waals surface area contributed by atoms with Gasteiger partial charge in [0, 0.05) is 29.1 Å². The summed E-state index contributed by atoms with van der Waals surface area (Å²) in [5.41, 5.74) is 0.459. The van der Waals surface area contributed by atoms with Crippen molar-refractivity contribution in [1.29, 1.82) is 0 Å². The molecule has 1 saturated heterocycles. The third-order valence-corrected chi connectivity index (χ3v) is 5.39. The quantitative estimate of drug-likeness (QED) is 0.717. The topological polar surface area (TPSA) is 58.6 Å². The van der Waals surface area contributed by atoms with Crippen molar-refractivity contribution in [3.8, 4) is 5.75 Å². The fraction of sp³-hybridized carbons (Fsp3) is 0.500. The lowest BCUT2D eigenvalue weighted by atomic mass is 10.0. The van der Waals surface area contributed by atoms with Gasteiger partial charge < -0.3 is 15.0 Å². The van der Waals surface area contributed by atoms with Crippen LogP contribution in [0.5, 0.6) is 5.75 Å². The van der Waals surface area contributed by atoms with Gasteiger partial charge in [-0.2, -0.15) is 0 Å². The summed E-state index contributed by atoms with van der Waals surface area (Å²) in [6, 6.07) is 3.42. The summed E-state index contributed by atoms with van der Waals surface area (Å²) in [6.45, 7) is 3.00. The van der Waals surface area contributed by atoms with Gasteiger partial charge in [-0.25, -0.2) is 0 Å². The van der Waals surface area contributed by atoms with Gasteiger partial charge in [-0.1, -0.05) is 18.5 Å². The van der Waals surface area contributed by atoms with E-state index in [0.717, 1.165) is 16.4 Å². The molecular formula is C16H20ClIN2O3. The lowest BCUT2D eigenvalue weighted by Crippen LogP contribution is -2.49. The number of ether oxygens (including phenoxy) is 1. The number of hydrogen-bond acceptors (Lipinski definition) is 3. The first-order valence-corrected chi connectivity index (χ1v) is 9.03. The Bertz CT molecular complexity index is 609. The predicted molar refractivity (Wildman–Crippen MR) is 98.1 cm³/mol. The van der Waals surface area contributed by atoms with E-state index in [0.29, 0.717) is 35.8 Å². The van der Waals surface area contributed by atoms with Crippen LogP contribution in [0.25, 0.3) is 0 Å². The van der Waals surface area contributed by atoms with Crippen molar-refractivity contribution in [2.45, 2.75) is 32.2 Å². The van der Waals surface area contributed by atoms with Crippen molar-refractivity contribution < 1.29 is 14.3 Å². The Morgan fingerprint density at radius 2 is 2.22 bits per heavy atom. The molecule has 0 aliphatic carbocycles. The number of halogens is 2. The molecule has 23 heavy (non-hydrogen) atoms. The monoisotopic (exact) mass is 450 g/mol. The first-order valence-electron chi connectivity index (χ1n) is 7.58. The van der Waals surface area contributed by atoms with E-state index in [1.165, 1.54) is 7.11 Å². The molecule has 5 nitrogen and oxygen atoms in total. The molecule has 1 aliphatic heterocycles. The molecule has 2 amide bonds. The Morgan fingerprint density at radius 1 is 1.48 bits per heavy atom. The van der Waals surface area contributed by atoms with E-state index in [4.69, 9.17) is 16.3 Å². The Hall–Kier alpha value is -1.02. The number of carbonyl (C=O) groups excluding carboxylic acids is 2. The first kappa shape index (κ1) is 18.3. The van der Waals surface area contributed by atoms with E-state index in [1.807, 2.05) is 6.92 Å². The molecule has 0 saturated carbocycles. The average molecular weight is 451 g/mol. The van der Waals surface area contributed by atoms with Crippen LogP contribution in [0.3, 0.4) is 0 Å².